The van der Waals surface area contributed by atoms with Crippen LogP contribution >= 0.6 is 0 Å². The molecule has 172 valence electrons. The molecule has 2 N–H and O–H groups in total. The van der Waals surface area contributed by atoms with Crippen molar-refractivity contribution in [2.45, 2.75) is 46.7 Å². The summed E-state index contributed by atoms with van der Waals surface area (Å²) in [4.78, 5) is 28.6. The van der Waals surface area contributed by atoms with Gasteiger partial charge in [0.05, 0.1) is 7.11 Å². The molecule has 2 heterocycles. The molecule has 0 aliphatic carbocycles. The van der Waals surface area contributed by atoms with Crippen LogP contribution < -0.4 is 5.32 Å². The number of fused-ring (bicyclic) bond motifs is 1. The molecule has 2 aromatic heterocycles. The Bertz CT molecular complexity index is 1240. The molecular weight excluding hydrogens is 416 g/mol. The molecule has 3 rings (SSSR count). The Morgan fingerprint density at radius 3 is 2.67 bits per heavy atom. The summed E-state index contributed by atoms with van der Waals surface area (Å²) in [5.74, 6) is -0.710. The molecule has 0 bridgehead atoms. The lowest BCUT2D eigenvalue weighted by molar-refractivity contribution is -0.144. The number of aromatic amines is 1. The zero-order valence-corrected chi connectivity index (χ0v) is 19.7. The number of hydrogen-bond donors (Lipinski definition) is 2. The lowest BCUT2D eigenvalue weighted by Gasteiger charge is -2.16. The van der Waals surface area contributed by atoms with Crippen molar-refractivity contribution < 1.29 is 14.3 Å². The van der Waals surface area contributed by atoms with Crippen LogP contribution in [-0.2, 0) is 27.3 Å². The topological polar surface area (TPSA) is 99.9 Å². The number of carbonyl (C=O) groups excluding carboxylic acids is 2. The average Bonchev–Trinajstić information content (AvgIpc) is 3.31. The smallest absolute Gasteiger partial charge is 0.328 e. The summed E-state index contributed by atoms with van der Waals surface area (Å²) in [6.07, 6.45) is 3.63. The van der Waals surface area contributed by atoms with Gasteiger partial charge in [-0.1, -0.05) is 32.0 Å². The number of nitrogens with one attached hydrogen (secondary N) is 2. The second kappa shape index (κ2) is 10.2. The van der Waals surface area contributed by atoms with Crippen molar-refractivity contribution in [3.63, 3.8) is 0 Å². The van der Waals surface area contributed by atoms with Gasteiger partial charge >= 0.3 is 5.97 Å². The molecule has 7 nitrogen and oxygen atoms in total. The monoisotopic (exact) mass is 446 g/mol. The normalized spacial score (nSPS) is 12.6. The number of esters is 1. The van der Waals surface area contributed by atoms with Crippen LogP contribution in [0.3, 0.4) is 0 Å². The van der Waals surface area contributed by atoms with Gasteiger partial charge in [-0.3, -0.25) is 4.79 Å². The fourth-order valence-corrected chi connectivity index (χ4v) is 4.02. The van der Waals surface area contributed by atoms with Crippen LogP contribution in [-0.4, -0.2) is 34.6 Å². The number of amides is 1. The first kappa shape index (κ1) is 23.9. The summed E-state index contributed by atoms with van der Waals surface area (Å²) < 4.78 is 7.09. The van der Waals surface area contributed by atoms with Crippen molar-refractivity contribution >= 4 is 28.9 Å². The fourth-order valence-electron chi connectivity index (χ4n) is 4.02. The van der Waals surface area contributed by atoms with E-state index in [1.807, 2.05) is 56.4 Å². The van der Waals surface area contributed by atoms with Crippen LogP contribution in [0.4, 0.5) is 0 Å². The van der Waals surface area contributed by atoms with Gasteiger partial charge in [-0.15, -0.1) is 0 Å². The van der Waals surface area contributed by atoms with Crippen molar-refractivity contribution in [2.24, 2.45) is 5.92 Å². The highest BCUT2D eigenvalue weighted by atomic mass is 16.5. The van der Waals surface area contributed by atoms with E-state index < -0.39 is 17.9 Å². The minimum absolute atomic E-state index is 0.0624. The number of rotatable bonds is 8. The zero-order chi connectivity index (χ0) is 24.1. The number of aromatic nitrogens is 2. The van der Waals surface area contributed by atoms with Crippen molar-refractivity contribution in [3.8, 4) is 6.07 Å². The third-order valence-corrected chi connectivity index (χ3v) is 5.72. The number of H-pyrrole nitrogens is 1. The van der Waals surface area contributed by atoms with E-state index in [2.05, 4.69) is 28.7 Å². The Labute approximate surface area is 194 Å². The fraction of sp³-hybridized carbons (Fsp3) is 0.346. The van der Waals surface area contributed by atoms with Gasteiger partial charge in [0.2, 0.25) is 0 Å². The van der Waals surface area contributed by atoms with Gasteiger partial charge in [0.25, 0.3) is 5.91 Å². The van der Waals surface area contributed by atoms with E-state index in [0.29, 0.717) is 5.92 Å². The summed E-state index contributed by atoms with van der Waals surface area (Å²) in [6.45, 7) is 9.12. The van der Waals surface area contributed by atoms with Crippen LogP contribution in [0.5, 0.6) is 0 Å². The SMILES string of the molecule is COC(=O)[C@@H](Cc1c[nH]c2ccccc12)NC(=O)/C(C#N)=C\c1cc(C)n(CC(C)C)c1C. The van der Waals surface area contributed by atoms with E-state index in [0.717, 1.165) is 40.0 Å². The summed E-state index contributed by atoms with van der Waals surface area (Å²) in [5.41, 5.74) is 4.62. The van der Waals surface area contributed by atoms with Gasteiger partial charge in [0.1, 0.15) is 17.7 Å². The highest BCUT2D eigenvalue weighted by Gasteiger charge is 2.25. The number of aryl methyl sites for hydroxylation is 1. The first-order valence-electron chi connectivity index (χ1n) is 11.0. The number of para-hydroxylation sites is 1. The van der Waals surface area contributed by atoms with Crippen molar-refractivity contribution in [2.75, 3.05) is 7.11 Å². The first-order chi connectivity index (χ1) is 15.7. The summed E-state index contributed by atoms with van der Waals surface area (Å²) in [7, 11) is 1.28. The Hall–Kier alpha value is -3.79. The predicted molar refractivity (Wildman–Crippen MR) is 128 cm³/mol. The number of ether oxygens (including phenoxy) is 1. The minimum atomic E-state index is -0.924. The Balaban J connectivity index is 1.85. The van der Waals surface area contributed by atoms with Crippen LogP contribution in [0.1, 0.15) is 36.4 Å². The summed E-state index contributed by atoms with van der Waals surface area (Å²) in [6, 6.07) is 10.7. The molecule has 0 fully saturated rings. The molecule has 33 heavy (non-hydrogen) atoms. The van der Waals surface area contributed by atoms with Crippen LogP contribution in [0.15, 0.2) is 42.1 Å². The average molecular weight is 447 g/mol. The highest BCUT2D eigenvalue weighted by molar-refractivity contribution is 6.03. The predicted octanol–water partition coefficient (Wildman–Crippen LogP) is 4.05. The minimum Gasteiger partial charge on any atom is -0.467 e. The van der Waals surface area contributed by atoms with Crippen LogP contribution in [0.25, 0.3) is 17.0 Å². The van der Waals surface area contributed by atoms with Gasteiger partial charge in [-0.05, 0) is 49.1 Å². The van der Waals surface area contributed by atoms with Crippen molar-refractivity contribution in [1.29, 1.82) is 5.26 Å². The third-order valence-electron chi connectivity index (χ3n) is 5.72. The Kier molecular flexibility index (Phi) is 7.39. The second-order valence-electron chi connectivity index (χ2n) is 8.61. The number of benzene rings is 1. The van der Waals surface area contributed by atoms with Gasteiger partial charge in [0, 0.05) is 41.5 Å². The molecule has 0 aliphatic heterocycles. The summed E-state index contributed by atoms with van der Waals surface area (Å²) >= 11 is 0. The van der Waals surface area contributed by atoms with Crippen molar-refractivity contribution in [1.82, 2.24) is 14.9 Å². The molecule has 7 heteroatoms. The van der Waals surface area contributed by atoms with Gasteiger partial charge in [0.15, 0.2) is 0 Å². The molecule has 1 aromatic carbocycles. The number of hydrogen-bond acceptors (Lipinski definition) is 4. The second-order valence-corrected chi connectivity index (χ2v) is 8.61. The Morgan fingerprint density at radius 1 is 1.27 bits per heavy atom. The molecule has 1 amide bonds. The first-order valence-corrected chi connectivity index (χ1v) is 11.0. The van der Waals surface area contributed by atoms with E-state index in [-0.39, 0.29) is 12.0 Å². The third kappa shape index (κ3) is 5.35. The van der Waals surface area contributed by atoms with E-state index in [9.17, 15) is 14.9 Å². The Morgan fingerprint density at radius 2 is 2.00 bits per heavy atom. The maximum Gasteiger partial charge on any atom is 0.328 e. The van der Waals surface area contributed by atoms with E-state index in [1.54, 1.807) is 6.08 Å². The van der Waals surface area contributed by atoms with E-state index in [1.165, 1.54) is 7.11 Å². The molecule has 1 atom stereocenters. The van der Waals surface area contributed by atoms with Crippen LogP contribution in [0.2, 0.25) is 0 Å². The van der Waals surface area contributed by atoms with E-state index >= 15 is 0 Å². The summed E-state index contributed by atoms with van der Waals surface area (Å²) in [5, 5.41) is 13.3. The molecule has 0 spiro atoms. The number of nitriles is 1. The zero-order valence-electron chi connectivity index (χ0n) is 19.7. The van der Waals surface area contributed by atoms with Crippen LogP contribution in [0, 0.1) is 31.1 Å². The standard InChI is InChI=1S/C26H30N4O3/c1-16(2)15-30-17(3)10-19(18(30)4)11-20(13-27)25(31)29-24(26(32)33-5)12-21-14-28-23-9-7-6-8-22(21)23/h6-11,14,16,24,28H,12,15H2,1-5H3,(H,29,31)/b20-11-/t24-/m1/s1. The number of methoxy groups -OCH3 is 1. The lowest BCUT2D eigenvalue weighted by Crippen LogP contribution is -2.43. The molecular formula is C26H30N4O3. The number of carbonyl (C=O) groups is 2. The maximum absolute atomic E-state index is 13.0. The molecule has 3 aromatic rings. The molecule has 0 radical (unpaired) electrons. The molecule has 0 saturated carbocycles. The molecule has 0 aliphatic rings. The lowest BCUT2D eigenvalue weighted by atomic mass is 10.0. The largest absolute Gasteiger partial charge is 0.467 e. The van der Waals surface area contributed by atoms with Gasteiger partial charge in [-0.2, -0.15) is 5.26 Å². The maximum atomic E-state index is 13.0. The van der Waals surface area contributed by atoms with Crippen molar-refractivity contribution in [3.05, 3.63) is 64.6 Å². The van der Waals surface area contributed by atoms with E-state index in [4.69, 9.17) is 4.74 Å². The number of nitrogens with zero attached hydrogens (tertiary/aromatic N) is 2. The highest BCUT2D eigenvalue weighted by Crippen LogP contribution is 2.21. The van der Waals surface area contributed by atoms with Gasteiger partial charge < -0.3 is 19.6 Å². The molecule has 0 saturated heterocycles. The molecule has 0 unspecified atom stereocenters. The quantitative estimate of drug-likeness (QED) is 0.310. The van der Waals surface area contributed by atoms with Gasteiger partial charge in [-0.25, -0.2) is 4.79 Å².